The third-order valence-electron chi connectivity index (χ3n) is 10.4. The van der Waals surface area contributed by atoms with Gasteiger partial charge in [0.05, 0.1) is 28.4 Å². The van der Waals surface area contributed by atoms with Crippen molar-refractivity contribution in [1.82, 2.24) is 0 Å². The highest BCUT2D eigenvalue weighted by atomic mass is 32.2. The molecule has 2 heterocycles. The second-order valence-corrected chi connectivity index (χ2v) is 16.5. The normalized spacial score (nSPS) is 12.6. The first-order chi connectivity index (χ1) is 31.9. The van der Waals surface area contributed by atoms with E-state index in [2.05, 4.69) is 48.5 Å². The highest BCUT2D eigenvalue weighted by Gasteiger charge is 2.24. The van der Waals surface area contributed by atoms with Gasteiger partial charge in [0, 0.05) is 32.9 Å². The standard InChI is InChI=1S/C26H22O4S.C24H20O3S.C3H4O4/c1-29-20-10-8-18(9-11-20)23-16-31-24-15-21(30-2)12-13-22(24)26(23)19-6-3-17(4-7-19)5-14-25(27)28;1-26-19-9-7-17(8-10-19)22-15-28-23-13-20(27-2)11-12-21(23)24(22)18-5-3-16(14-25)4-6-18;4-2(5)1-3(6)7/h3-15H,16H2,1-2H3,(H,27,28);3-14H,15H2,1-2H3;1H2,(H,4,5)(H,6,7)/b14-5+;;. The summed E-state index contributed by atoms with van der Waals surface area (Å²) in [6.45, 7) is 0. The van der Waals surface area contributed by atoms with Crippen molar-refractivity contribution >= 4 is 76.1 Å². The average Bonchev–Trinajstić information content (AvgIpc) is 3.35. The molecule has 336 valence electrons. The lowest BCUT2D eigenvalue weighted by Crippen LogP contribution is -2.04. The van der Waals surface area contributed by atoms with E-state index >= 15 is 0 Å². The fourth-order valence-electron chi connectivity index (χ4n) is 7.17. The van der Waals surface area contributed by atoms with Gasteiger partial charge in [-0.1, -0.05) is 72.8 Å². The van der Waals surface area contributed by atoms with E-state index in [0.717, 1.165) is 74.7 Å². The Balaban J connectivity index is 0.000000192. The largest absolute Gasteiger partial charge is 0.497 e. The second-order valence-electron chi connectivity index (χ2n) is 14.5. The number of aliphatic carboxylic acids is 3. The van der Waals surface area contributed by atoms with Crippen molar-refractivity contribution < 1.29 is 53.4 Å². The zero-order chi connectivity index (χ0) is 47.2. The van der Waals surface area contributed by atoms with Crippen molar-refractivity contribution in [3.8, 4) is 23.0 Å². The Morgan fingerprint density at radius 1 is 0.500 bits per heavy atom. The molecule has 0 atom stereocenters. The maximum Gasteiger partial charge on any atom is 0.328 e. The van der Waals surface area contributed by atoms with Crippen LogP contribution in [0.2, 0.25) is 0 Å². The Bertz CT molecular complexity index is 2780. The van der Waals surface area contributed by atoms with Crippen LogP contribution < -0.4 is 18.9 Å². The number of aldehydes is 1. The molecule has 8 rings (SSSR count). The maximum atomic E-state index is 11.1. The van der Waals surface area contributed by atoms with Crippen LogP contribution in [0.15, 0.2) is 149 Å². The molecule has 0 bridgehead atoms. The number of carbonyl (C=O) groups is 4. The number of hydrogen-bond donors (Lipinski definition) is 3. The Morgan fingerprint density at radius 2 is 0.864 bits per heavy atom. The van der Waals surface area contributed by atoms with Crippen molar-refractivity contribution in [1.29, 1.82) is 0 Å². The molecule has 0 saturated carbocycles. The molecule has 66 heavy (non-hydrogen) atoms. The number of benzene rings is 6. The van der Waals surface area contributed by atoms with Crippen LogP contribution in [0.3, 0.4) is 0 Å². The van der Waals surface area contributed by atoms with Gasteiger partial charge in [-0.3, -0.25) is 14.4 Å². The number of carbonyl (C=O) groups excluding carboxylic acids is 1. The molecular weight excluding hydrogens is 877 g/mol. The molecule has 3 N–H and O–H groups in total. The lowest BCUT2D eigenvalue weighted by atomic mass is 9.89. The highest BCUT2D eigenvalue weighted by Crippen LogP contribution is 2.47. The minimum Gasteiger partial charge on any atom is -0.497 e. The Morgan fingerprint density at radius 3 is 1.20 bits per heavy atom. The van der Waals surface area contributed by atoms with Crippen LogP contribution in [0.25, 0.3) is 28.4 Å². The van der Waals surface area contributed by atoms with Gasteiger partial charge in [0.25, 0.3) is 0 Å². The summed E-state index contributed by atoms with van der Waals surface area (Å²) >= 11 is 3.61. The van der Waals surface area contributed by atoms with Gasteiger partial charge in [0.2, 0.25) is 0 Å². The third kappa shape index (κ3) is 12.2. The third-order valence-corrected chi connectivity index (χ3v) is 12.6. The monoisotopic (exact) mass is 922 g/mol. The van der Waals surface area contributed by atoms with Gasteiger partial charge in [-0.15, -0.1) is 23.5 Å². The highest BCUT2D eigenvalue weighted by molar-refractivity contribution is 8.00. The van der Waals surface area contributed by atoms with E-state index < -0.39 is 24.3 Å². The number of methoxy groups -OCH3 is 4. The Hall–Kier alpha value is -7.48. The number of hydrogen-bond acceptors (Lipinski definition) is 10. The predicted molar refractivity (Wildman–Crippen MR) is 260 cm³/mol. The summed E-state index contributed by atoms with van der Waals surface area (Å²) in [5.41, 5.74) is 13.3. The number of ether oxygens (including phenoxy) is 4. The molecule has 0 fully saturated rings. The van der Waals surface area contributed by atoms with E-state index in [0.29, 0.717) is 5.56 Å². The summed E-state index contributed by atoms with van der Waals surface area (Å²) in [4.78, 5) is 43.1. The van der Waals surface area contributed by atoms with Crippen LogP contribution in [-0.2, 0) is 14.4 Å². The number of carboxylic acid groups (broad SMARTS) is 3. The van der Waals surface area contributed by atoms with Gasteiger partial charge in [0.1, 0.15) is 35.7 Å². The summed E-state index contributed by atoms with van der Waals surface area (Å²) < 4.78 is 21.5. The van der Waals surface area contributed by atoms with Gasteiger partial charge in [-0.05, 0) is 128 Å². The van der Waals surface area contributed by atoms with E-state index in [9.17, 15) is 19.2 Å². The Labute approximate surface area is 391 Å². The van der Waals surface area contributed by atoms with E-state index in [1.54, 1.807) is 46.3 Å². The van der Waals surface area contributed by atoms with Crippen molar-refractivity contribution in [2.45, 2.75) is 16.2 Å². The first-order valence-corrected chi connectivity index (χ1v) is 22.3. The zero-order valence-corrected chi connectivity index (χ0v) is 38.1. The van der Waals surface area contributed by atoms with Crippen LogP contribution in [-0.4, -0.2) is 79.5 Å². The summed E-state index contributed by atoms with van der Waals surface area (Å²) in [6.07, 6.45) is 2.81. The van der Waals surface area contributed by atoms with Gasteiger partial charge < -0.3 is 34.3 Å². The first-order valence-electron chi connectivity index (χ1n) is 20.3. The summed E-state index contributed by atoms with van der Waals surface area (Å²) in [5.74, 6) is 1.48. The molecule has 0 spiro atoms. The summed E-state index contributed by atoms with van der Waals surface area (Å²) in [7, 11) is 6.71. The quantitative estimate of drug-likeness (QED) is 0.0570. The maximum absolute atomic E-state index is 11.1. The molecule has 13 heteroatoms. The minimum absolute atomic E-state index is 0.676. The molecule has 0 unspecified atom stereocenters. The lowest BCUT2D eigenvalue weighted by molar-refractivity contribution is -0.147. The number of fused-ring (bicyclic) bond motifs is 2. The van der Waals surface area contributed by atoms with Crippen molar-refractivity contribution in [2.24, 2.45) is 0 Å². The predicted octanol–water partition coefficient (Wildman–Crippen LogP) is 11.0. The fourth-order valence-corrected chi connectivity index (χ4v) is 9.44. The van der Waals surface area contributed by atoms with E-state index in [-0.39, 0.29) is 0 Å². The number of thioether (sulfide) groups is 2. The van der Waals surface area contributed by atoms with Gasteiger partial charge in [-0.2, -0.15) is 0 Å². The van der Waals surface area contributed by atoms with E-state index in [1.807, 2.05) is 96.7 Å². The number of rotatable bonds is 13. The molecule has 0 aliphatic carbocycles. The van der Waals surface area contributed by atoms with Gasteiger partial charge >= 0.3 is 17.9 Å². The summed E-state index contributed by atoms with van der Waals surface area (Å²) in [6, 6.07) is 44.4. The van der Waals surface area contributed by atoms with Crippen molar-refractivity contribution in [2.75, 3.05) is 39.9 Å². The SMILES string of the molecule is COc1ccc(C2=C(c3ccc(/C=C/C(=O)O)cc3)c3ccc(OC)cc3SC2)cc1.COc1ccc(C2=C(c3ccc(C=O)cc3)c3ccc(OC)cc3SC2)cc1.O=C(O)CC(=O)O. The topological polar surface area (TPSA) is 166 Å². The first kappa shape index (κ1) is 48.0. The average molecular weight is 923 g/mol. The Kier molecular flexibility index (Phi) is 16.7. The molecule has 0 saturated heterocycles. The van der Waals surface area contributed by atoms with E-state index in [1.165, 1.54) is 43.2 Å². The molecule has 2 aliphatic heterocycles. The summed E-state index contributed by atoms with van der Waals surface area (Å²) in [5, 5.41) is 24.3. The molecule has 6 aromatic rings. The van der Waals surface area contributed by atoms with Gasteiger partial charge in [0.15, 0.2) is 0 Å². The number of carboxylic acids is 3. The second kappa shape index (κ2) is 22.9. The van der Waals surface area contributed by atoms with Gasteiger partial charge in [-0.25, -0.2) is 4.79 Å². The van der Waals surface area contributed by atoms with Crippen LogP contribution in [0.5, 0.6) is 23.0 Å². The van der Waals surface area contributed by atoms with E-state index in [4.69, 9.17) is 34.3 Å². The fraction of sp³-hybridized carbons (Fsp3) is 0.132. The minimum atomic E-state index is -1.31. The molecular formula is C53H46O11S2. The molecule has 0 radical (unpaired) electrons. The molecule has 0 amide bonds. The van der Waals surface area contributed by atoms with Crippen LogP contribution in [0, 0.1) is 0 Å². The zero-order valence-electron chi connectivity index (χ0n) is 36.5. The van der Waals surface area contributed by atoms with Crippen molar-refractivity contribution in [3.63, 3.8) is 0 Å². The van der Waals surface area contributed by atoms with Crippen molar-refractivity contribution in [3.05, 3.63) is 184 Å². The molecule has 0 aromatic heterocycles. The molecule has 2 aliphatic rings. The smallest absolute Gasteiger partial charge is 0.328 e. The molecule has 11 nitrogen and oxygen atoms in total. The van der Waals surface area contributed by atoms with Crippen LogP contribution >= 0.6 is 23.5 Å². The van der Waals surface area contributed by atoms with Crippen LogP contribution in [0.1, 0.15) is 55.7 Å². The molecule has 6 aromatic carbocycles. The van der Waals surface area contributed by atoms with Crippen LogP contribution in [0.4, 0.5) is 0 Å². The lowest BCUT2D eigenvalue weighted by Gasteiger charge is -2.24.